The SMILES string of the molecule is CCN(CC(=O)N1CCc2[nH]c3ccccc3c2C1)Cc1ccc(C(=O)N(C)C)cc1. The summed E-state index contributed by atoms with van der Waals surface area (Å²) in [6, 6.07) is 16.0. The summed E-state index contributed by atoms with van der Waals surface area (Å²) in [5, 5.41) is 1.22. The fraction of sp³-hybridized carbons (Fsp3) is 0.360. The number of aromatic amines is 1. The van der Waals surface area contributed by atoms with Crippen molar-refractivity contribution in [2.45, 2.75) is 26.4 Å². The molecule has 0 atom stereocenters. The molecule has 0 spiro atoms. The fourth-order valence-corrected chi connectivity index (χ4v) is 4.22. The van der Waals surface area contributed by atoms with Crippen molar-refractivity contribution in [1.29, 1.82) is 0 Å². The molecule has 4 rings (SSSR count). The Morgan fingerprint density at radius 2 is 1.81 bits per heavy atom. The molecule has 1 aliphatic heterocycles. The van der Waals surface area contributed by atoms with E-state index >= 15 is 0 Å². The van der Waals surface area contributed by atoms with Crippen LogP contribution >= 0.6 is 0 Å². The summed E-state index contributed by atoms with van der Waals surface area (Å²) in [4.78, 5) is 34.3. The van der Waals surface area contributed by atoms with Crippen LogP contribution in [-0.2, 0) is 24.3 Å². The average molecular weight is 419 g/mol. The summed E-state index contributed by atoms with van der Waals surface area (Å²) in [6.07, 6.45) is 0.864. The first-order valence-corrected chi connectivity index (χ1v) is 10.9. The van der Waals surface area contributed by atoms with Crippen LogP contribution in [0.3, 0.4) is 0 Å². The molecule has 0 saturated carbocycles. The van der Waals surface area contributed by atoms with Gasteiger partial charge in [-0.05, 0) is 30.3 Å². The number of hydrogen-bond donors (Lipinski definition) is 1. The van der Waals surface area contributed by atoms with Crippen molar-refractivity contribution in [1.82, 2.24) is 19.7 Å². The summed E-state index contributed by atoms with van der Waals surface area (Å²) < 4.78 is 0. The lowest BCUT2D eigenvalue weighted by Gasteiger charge is -2.30. The van der Waals surface area contributed by atoms with Gasteiger partial charge in [0.25, 0.3) is 5.91 Å². The number of carbonyl (C=O) groups excluding carboxylic acids is 2. The van der Waals surface area contributed by atoms with E-state index in [9.17, 15) is 9.59 Å². The molecular weight excluding hydrogens is 388 g/mol. The van der Waals surface area contributed by atoms with Gasteiger partial charge < -0.3 is 14.8 Å². The van der Waals surface area contributed by atoms with E-state index in [2.05, 4.69) is 28.9 Å². The molecule has 2 heterocycles. The van der Waals surface area contributed by atoms with Gasteiger partial charge in [-0.2, -0.15) is 0 Å². The van der Waals surface area contributed by atoms with E-state index in [-0.39, 0.29) is 11.8 Å². The van der Waals surface area contributed by atoms with Crippen LogP contribution in [0.5, 0.6) is 0 Å². The molecule has 6 heteroatoms. The van der Waals surface area contributed by atoms with E-state index in [1.165, 1.54) is 16.6 Å². The van der Waals surface area contributed by atoms with Crippen LogP contribution < -0.4 is 0 Å². The maximum atomic E-state index is 13.1. The highest BCUT2D eigenvalue weighted by Crippen LogP contribution is 2.27. The van der Waals surface area contributed by atoms with Gasteiger partial charge in [-0.1, -0.05) is 37.3 Å². The van der Waals surface area contributed by atoms with Gasteiger partial charge >= 0.3 is 0 Å². The fourth-order valence-electron chi connectivity index (χ4n) is 4.22. The van der Waals surface area contributed by atoms with Crippen LogP contribution in [0.2, 0.25) is 0 Å². The van der Waals surface area contributed by atoms with Gasteiger partial charge in [0.1, 0.15) is 0 Å². The van der Waals surface area contributed by atoms with Gasteiger partial charge in [0.05, 0.1) is 6.54 Å². The zero-order valence-electron chi connectivity index (χ0n) is 18.5. The van der Waals surface area contributed by atoms with E-state index in [0.29, 0.717) is 25.2 Å². The number of fused-ring (bicyclic) bond motifs is 3. The predicted octanol–water partition coefficient (Wildman–Crippen LogP) is 3.28. The molecule has 0 unspecified atom stereocenters. The van der Waals surface area contributed by atoms with Crippen LogP contribution in [0.1, 0.15) is 34.1 Å². The zero-order valence-corrected chi connectivity index (χ0v) is 18.5. The minimum atomic E-state index is -0.00387. The van der Waals surface area contributed by atoms with Crippen LogP contribution in [-0.4, -0.2) is 65.2 Å². The Hall–Kier alpha value is -3.12. The van der Waals surface area contributed by atoms with Crippen molar-refractivity contribution < 1.29 is 9.59 Å². The van der Waals surface area contributed by atoms with Gasteiger partial charge in [-0.3, -0.25) is 14.5 Å². The van der Waals surface area contributed by atoms with Crippen molar-refractivity contribution in [3.8, 4) is 0 Å². The Bertz CT molecular complexity index is 1080. The number of H-pyrrole nitrogens is 1. The zero-order chi connectivity index (χ0) is 22.0. The Balaban J connectivity index is 1.40. The molecule has 0 fully saturated rings. The Morgan fingerprint density at radius 3 is 2.52 bits per heavy atom. The standard InChI is InChI=1S/C25H30N4O2/c1-4-28(15-18-9-11-19(12-10-18)25(31)27(2)3)17-24(30)29-14-13-23-21(16-29)20-7-5-6-8-22(20)26-23/h5-12,26H,4,13-17H2,1-3H3. The summed E-state index contributed by atoms with van der Waals surface area (Å²) in [6.45, 7) is 5.35. The van der Waals surface area contributed by atoms with Crippen LogP contribution in [0, 0.1) is 0 Å². The molecule has 2 amide bonds. The normalized spacial score (nSPS) is 13.5. The monoisotopic (exact) mass is 418 g/mol. The minimum absolute atomic E-state index is 0.00387. The number of amides is 2. The molecule has 2 aromatic carbocycles. The van der Waals surface area contributed by atoms with Crippen LogP contribution in [0.4, 0.5) is 0 Å². The molecule has 162 valence electrons. The molecular formula is C25H30N4O2. The second kappa shape index (κ2) is 8.94. The van der Waals surface area contributed by atoms with E-state index in [4.69, 9.17) is 0 Å². The van der Waals surface area contributed by atoms with E-state index in [1.54, 1.807) is 19.0 Å². The number of hydrogen-bond acceptors (Lipinski definition) is 3. The van der Waals surface area contributed by atoms with Crippen molar-refractivity contribution in [3.05, 3.63) is 70.9 Å². The maximum Gasteiger partial charge on any atom is 0.253 e. The van der Waals surface area contributed by atoms with Crippen molar-refractivity contribution in [3.63, 3.8) is 0 Å². The lowest BCUT2D eigenvalue weighted by molar-refractivity contribution is -0.133. The largest absolute Gasteiger partial charge is 0.358 e. The minimum Gasteiger partial charge on any atom is -0.358 e. The molecule has 1 aliphatic rings. The molecule has 0 radical (unpaired) electrons. The molecule has 1 N–H and O–H groups in total. The van der Waals surface area contributed by atoms with Gasteiger partial charge in [-0.25, -0.2) is 0 Å². The number of aromatic nitrogens is 1. The first kappa shape index (κ1) is 21.1. The Labute approximate surface area is 183 Å². The van der Waals surface area contributed by atoms with Crippen molar-refractivity contribution in [2.24, 2.45) is 0 Å². The second-order valence-electron chi connectivity index (χ2n) is 8.39. The first-order chi connectivity index (χ1) is 15.0. The molecule has 31 heavy (non-hydrogen) atoms. The maximum absolute atomic E-state index is 13.1. The summed E-state index contributed by atoms with van der Waals surface area (Å²) >= 11 is 0. The van der Waals surface area contributed by atoms with E-state index < -0.39 is 0 Å². The molecule has 0 aliphatic carbocycles. The van der Waals surface area contributed by atoms with Gasteiger partial charge in [0.15, 0.2) is 0 Å². The number of rotatable bonds is 6. The van der Waals surface area contributed by atoms with Crippen molar-refractivity contribution in [2.75, 3.05) is 33.7 Å². The number of nitrogens with zero attached hydrogens (tertiary/aromatic N) is 3. The summed E-state index contributed by atoms with van der Waals surface area (Å²) in [5.74, 6) is 0.160. The third-order valence-electron chi connectivity index (χ3n) is 6.05. The third kappa shape index (κ3) is 4.49. The Kier molecular flexibility index (Phi) is 6.09. The van der Waals surface area contributed by atoms with E-state index in [1.807, 2.05) is 41.3 Å². The number of likely N-dealkylation sites (N-methyl/N-ethyl adjacent to an activating group) is 1. The van der Waals surface area contributed by atoms with Gasteiger partial charge in [0, 0.05) is 67.9 Å². The molecule has 6 nitrogen and oxygen atoms in total. The Morgan fingerprint density at radius 1 is 1.06 bits per heavy atom. The lowest BCUT2D eigenvalue weighted by atomic mass is 10.0. The topological polar surface area (TPSA) is 59.7 Å². The smallest absolute Gasteiger partial charge is 0.253 e. The average Bonchev–Trinajstić information content (AvgIpc) is 3.16. The molecule has 0 bridgehead atoms. The molecule has 0 saturated heterocycles. The quantitative estimate of drug-likeness (QED) is 0.668. The van der Waals surface area contributed by atoms with Crippen LogP contribution in [0.25, 0.3) is 10.9 Å². The highest BCUT2D eigenvalue weighted by atomic mass is 16.2. The molecule has 1 aromatic heterocycles. The van der Waals surface area contributed by atoms with Gasteiger partial charge in [0.2, 0.25) is 5.91 Å². The highest BCUT2D eigenvalue weighted by molar-refractivity contribution is 5.93. The molecule has 3 aromatic rings. The summed E-state index contributed by atoms with van der Waals surface area (Å²) in [5.41, 5.74) is 5.43. The van der Waals surface area contributed by atoms with E-state index in [0.717, 1.165) is 30.6 Å². The number of benzene rings is 2. The highest BCUT2D eigenvalue weighted by Gasteiger charge is 2.25. The first-order valence-electron chi connectivity index (χ1n) is 10.9. The van der Waals surface area contributed by atoms with Gasteiger partial charge in [-0.15, -0.1) is 0 Å². The second-order valence-corrected chi connectivity index (χ2v) is 8.39. The lowest BCUT2D eigenvalue weighted by Crippen LogP contribution is -2.42. The number of carbonyl (C=O) groups is 2. The number of nitrogens with one attached hydrogen (secondary N) is 1. The third-order valence-corrected chi connectivity index (χ3v) is 6.05. The van der Waals surface area contributed by atoms with Crippen LogP contribution in [0.15, 0.2) is 48.5 Å². The van der Waals surface area contributed by atoms with Crippen molar-refractivity contribution >= 4 is 22.7 Å². The number of para-hydroxylation sites is 1. The predicted molar refractivity (Wildman–Crippen MR) is 123 cm³/mol. The summed E-state index contributed by atoms with van der Waals surface area (Å²) in [7, 11) is 3.50.